The van der Waals surface area contributed by atoms with Crippen LogP contribution in [-0.4, -0.2) is 42.9 Å². The third-order valence-electron chi connectivity index (χ3n) is 4.69. The number of aryl methyl sites for hydroxylation is 2. The summed E-state index contributed by atoms with van der Waals surface area (Å²) in [6, 6.07) is 8.96. The summed E-state index contributed by atoms with van der Waals surface area (Å²) in [5.74, 6) is 1.09. The van der Waals surface area contributed by atoms with Crippen LogP contribution in [0.25, 0.3) is 0 Å². The van der Waals surface area contributed by atoms with Gasteiger partial charge in [-0.1, -0.05) is 6.07 Å². The van der Waals surface area contributed by atoms with Crippen molar-refractivity contribution in [2.24, 2.45) is 0 Å². The van der Waals surface area contributed by atoms with E-state index in [0.29, 0.717) is 17.9 Å². The van der Waals surface area contributed by atoms with E-state index in [2.05, 4.69) is 0 Å². The predicted octanol–water partition coefficient (Wildman–Crippen LogP) is 2.88. The number of amides is 1. The molecule has 2 aromatic rings. The standard InChI is InChI=1S/C20H25NO5S/c1-14-9-15(2)11-19(10-14)26-16(3)20(22)21(12-18-5-4-7-25-18)17-6-8-27(23,24)13-17/h4-5,7,9-11,16-17H,6,8,12-13H2,1-3H3/t16-,17+/m0/s1. The first-order valence-electron chi connectivity index (χ1n) is 9.02. The van der Waals surface area contributed by atoms with Crippen LogP contribution in [0.3, 0.4) is 0 Å². The first-order valence-corrected chi connectivity index (χ1v) is 10.8. The molecule has 0 bridgehead atoms. The van der Waals surface area contributed by atoms with Crippen molar-refractivity contribution in [3.63, 3.8) is 0 Å². The monoisotopic (exact) mass is 391 g/mol. The van der Waals surface area contributed by atoms with Crippen LogP contribution >= 0.6 is 0 Å². The lowest BCUT2D eigenvalue weighted by Crippen LogP contribution is -2.46. The lowest BCUT2D eigenvalue weighted by atomic mass is 10.1. The minimum absolute atomic E-state index is 0.0181. The Morgan fingerprint density at radius 3 is 2.56 bits per heavy atom. The predicted molar refractivity (Wildman–Crippen MR) is 102 cm³/mol. The highest BCUT2D eigenvalue weighted by molar-refractivity contribution is 7.91. The highest BCUT2D eigenvalue weighted by atomic mass is 32.2. The normalized spacial score (nSPS) is 19.6. The highest BCUT2D eigenvalue weighted by Gasteiger charge is 2.37. The van der Waals surface area contributed by atoms with Crippen LogP contribution in [0.1, 0.15) is 30.2 Å². The Kier molecular flexibility index (Phi) is 5.60. The van der Waals surface area contributed by atoms with Gasteiger partial charge in [0.25, 0.3) is 5.91 Å². The molecule has 7 heteroatoms. The molecule has 0 N–H and O–H groups in total. The van der Waals surface area contributed by atoms with Crippen LogP contribution in [0, 0.1) is 13.8 Å². The molecule has 1 aromatic heterocycles. The van der Waals surface area contributed by atoms with Crippen molar-refractivity contribution in [2.45, 2.75) is 45.9 Å². The summed E-state index contributed by atoms with van der Waals surface area (Å²) < 4.78 is 35.1. The summed E-state index contributed by atoms with van der Waals surface area (Å²) in [4.78, 5) is 14.7. The van der Waals surface area contributed by atoms with Crippen LogP contribution in [0.5, 0.6) is 5.75 Å². The third-order valence-corrected chi connectivity index (χ3v) is 6.44. The molecule has 3 rings (SSSR count). The molecule has 27 heavy (non-hydrogen) atoms. The van der Waals surface area contributed by atoms with E-state index in [9.17, 15) is 13.2 Å². The summed E-state index contributed by atoms with van der Waals surface area (Å²) in [5.41, 5.74) is 2.11. The highest BCUT2D eigenvalue weighted by Crippen LogP contribution is 2.23. The molecule has 146 valence electrons. The fourth-order valence-corrected chi connectivity index (χ4v) is 5.20. The molecular weight excluding hydrogens is 366 g/mol. The second-order valence-corrected chi connectivity index (χ2v) is 9.41. The summed E-state index contributed by atoms with van der Waals surface area (Å²) in [7, 11) is -3.11. The molecule has 1 aromatic carbocycles. The Bertz CT molecular complexity index is 884. The second-order valence-electron chi connectivity index (χ2n) is 7.19. The molecule has 0 spiro atoms. The Morgan fingerprint density at radius 2 is 2.00 bits per heavy atom. The maximum atomic E-state index is 13.1. The molecular formula is C20H25NO5S. The number of benzene rings is 1. The molecule has 0 unspecified atom stereocenters. The SMILES string of the molecule is Cc1cc(C)cc(O[C@@H](C)C(=O)N(Cc2ccco2)[C@@H]2CCS(=O)(=O)C2)c1. The number of hydrogen-bond donors (Lipinski definition) is 0. The number of ether oxygens (including phenoxy) is 1. The number of carbonyl (C=O) groups excluding carboxylic acids is 1. The Balaban J connectivity index is 1.78. The molecule has 2 heterocycles. The first kappa shape index (κ1) is 19.5. The van der Waals surface area contributed by atoms with Crippen LogP contribution in [0.15, 0.2) is 41.0 Å². The molecule has 0 aliphatic carbocycles. The van der Waals surface area contributed by atoms with Gasteiger partial charge in [-0.05, 0) is 62.6 Å². The van der Waals surface area contributed by atoms with Gasteiger partial charge in [0.1, 0.15) is 11.5 Å². The number of carbonyl (C=O) groups is 1. The zero-order valence-corrected chi connectivity index (χ0v) is 16.7. The van der Waals surface area contributed by atoms with Gasteiger partial charge in [0, 0.05) is 6.04 Å². The smallest absolute Gasteiger partial charge is 0.264 e. The third kappa shape index (κ3) is 4.91. The van der Waals surface area contributed by atoms with Gasteiger partial charge >= 0.3 is 0 Å². The molecule has 1 saturated heterocycles. The van der Waals surface area contributed by atoms with Crippen molar-refractivity contribution in [1.29, 1.82) is 0 Å². The van der Waals surface area contributed by atoms with Gasteiger partial charge in [-0.2, -0.15) is 0 Å². The summed E-state index contributed by atoms with van der Waals surface area (Å²) >= 11 is 0. The first-order chi connectivity index (χ1) is 12.7. The average Bonchev–Trinajstić information content (AvgIpc) is 3.20. The zero-order valence-electron chi connectivity index (χ0n) is 15.8. The molecule has 1 aliphatic heterocycles. The number of sulfone groups is 1. The van der Waals surface area contributed by atoms with Gasteiger partial charge in [0.15, 0.2) is 15.9 Å². The van der Waals surface area contributed by atoms with E-state index in [1.807, 2.05) is 32.0 Å². The minimum Gasteiger partial charge on any atom is -0.481 e. The quantitative estimate of drug-likeness (QED) is 0.757. The second kappa shape index (κ2) is 7.76. The average molecular weight is 391 g/mol. The number of rotatable bonds is 6. The molecule has 2 atom stereocenters. The van der Waals surface area contributed by atoms with E-state index in [1.165, 1.54) is 0 Å². The van der Waals surface area contributed by atoms with E-state index in [1.54, 1.807) is 30.2 Å². The summed E-state index contributed by atoms with van der Waals surface area (Å²) in [6.45, 7) is 5.86. The van der Waals surface area contributed by atoms with E-state index < -0.39 is 15.9 Å². The summed E-state index contributed by atoms with van der Waals surface area (Å²) in [5, 5.41) is 0. The van der Waals surface area contributed by atoms with Gasteiger partial charge in [0.05, 0.1) is 24.3 Å². The fraction of sp³-hybridized carbons (Fsp3) is 0.450. The number of furan rings is 1. The number of hydrogen-bond acceptors (Lipinski definition) is 5. The topological polar surface area (TPSA) is 76.8 Å². The van der Waals surface area contributed by atoms with Crippen molar-refractivity contribution in [3.8, 4) is 5.75 Å². The lowest BCUT2D eigenvalue weighted by molar-refractivity contribution is -0.140. The Morgan fingerprint density at radius 1 is 1.30 bits per heavy atom. The van der Waals surface area contributed by atoms with Gasteiger partial charge in [0.2, 0.25) is 0 Å². The van der Waals surface area contributed by atoms with Crippen molar-refractivity contribution >= 4 is 15.7 Å². The molecule has 1 amide bonds. The molecule has 0 radical (unpaired) electrons. The molecule has 0 saturated carbocycles. The van der Waals surface area contributed by atoms with Crippen molar-refractivity contribution in [2.75, 3.05) is 11.5 Å². The van der Waals surface area contributed by atoms with E-state index in [4.69, 9.17) is 9.15 Å². The molecule has 1 fully saturated rings. The fourth-order valence-electron chi connectivity index (χ4n) is 3.47. The van der Waals surface area contributed by atoms with Crippen LogP contribution in [-0.2, 0) is 21.2 Å². The molecule has 1 aliphatic rings. The Labute approximate surface area is 160 Å². The van der Waals surface area contributed by atoms with Crippen molar-refractivity contribution in [1.82, 2.24) is 4.90 Å². The summed E-state index contributed by atoms with van der Waals surface area (Å²) in [6.07, 6.45) is 1.24. The van der Waals surface area contributed by atoms with E-state index in [0.717, 1.165) is 11.1 Å². The Hall–Kier alpha value is -2.28. The minimum atomic E-state index is -3.11. The van der Waals surface area contributed by atoms with Gasteiger partial charge < -0.3 is 14.1 Å². The lowest BCUT2D eigenvalue weighted by Gasteiger charge is -2.30. The van der Waals surface area contributed by atoms with Crippen molar-refractivity contribution in [3.05, 3.63) is 53.5 Å². The van der Waals surface area contributed by atoms with Crippen molar-refractivity contribution < 1.29 is 22.4 Å². The maximum absolute atomic E-state index is 13.1. The zero-order chi connectivity index (χ0) is 19.6. The van der Waals surface area contributed by atoms with E-state index >= 15 is 0 Å². The maximum Gasteiger partial charge on any atom is 0.264 e. The van der Waals surface area contributed by atoms with E-state index in [-0.39, 0.29) is 30.0 Å². The van der Waals surface area contributed by atoms with Crippen LogP contribution in [0.4, 0.5) is 0 Å². The van der Waals surface area contributed by atoms with Gasteiger partial charge in [-0.15, -0.1) is 0 Å². The number of nitrogens with zero attached hydrogens (tertiary/aromatic N) is 1. The molecule has 6 nitrogen and oxygen atoms in total. The largest absolute Gasteiger partial charge is 0.481 e. The van der Waals surface area contributed by atoms with Gasteiger partial charge in [-0.3, -0.25) is 4.79 Å². The van der Waals surface area contributed by atoms with Crippen LogP contribution < -0.4 is 4.74 Å². The van der Waals surface area contributed by atoms with Gasteiger partial charge in [-0.25, -0.2) is 8.42 Å². The van der Waals surface area contributed by atoms with Crippen LogP contribution in [0.2, 0.25) is 0 Å².